The Balaban J connectivity index is 1.54. The Kier molecular flexibility index (Phi) is 8.23. The lowest BCUT2D eigenvalue weighted by atomic mass is 9.58. The maximum Gasteiger partial charge on any atom is 0.255 e. The molecule has 1 heterocycles. The molecule has 0 saturated carbocycles. The molecule has 3 aliphatic rings. The van der Waals surface area contributed by atoms with Crippen LogP contribution in [0.3, 0.4) is 0 Å². The zero-order valence-electron chi connectivity index (χ0n) is 25.6. The normalized spacial score (nSPS) is 25.2. The van der Waals surface area contributed by atoms with E-state index in [0.717, 1.165) is 25.4 Å². The number of hydrogen-bond donors (Lipinski definition) is 5. The Labute approximate surface area is 255 Å². The second kappa shape index (κ2) is 11.5. The van der Waals surface area contributed by atoms with Gasteiger partial charge in [0.25, 0.3) is 5.91 Å². The van der Waals surface area contributed by atoms with Crippen LogP contribution in [-0.2, 0) is 22.6 Å². The maximum atomic E-state index is 14.0. The molecule has 12 nitrogen and oxygen atoms in total. The third kappa shape index (κ3) is 4.91. The average Bonchev–Trinajstić information content (AvgIpc) is 3.41. The minimum atomic E-state index is -2.67. The van der Waals surface area contributed by atoms with E-state index in [0.29, 0.717) is 23.4 Å². The Morgan fingerprint density at radius 1 is 1.05 bits per heavy atom. The van der Waals surface area contributed by atoms with Crippen LogP contribution < -0.4 is 5.73 Å². The predicted molar refractivity (Wildman–Crippen MR) is 161 cm³/mol. The zero-order valence-corrected chi connectivity index (χ0v) is 25.6. The quantitative estimate of drug-likeness (QED) is 0.262. The number of aliphatic hydroxyl groups excluding tert-OH is 2. The summed E-state index contributed by atoms with van der Waals surface area (Å²) in [5.74, 6) is -5.58. The maximum absolute atomic E-state index is 14.0. The average molecular weight is 609 g/mol. The van der Waals surface area contributed by atoms with Gasteiger partial charge in [0.1, 0.15) is 34.4 Å². The first kappa shape index (κ1) is 31.5. The van der Waals surface area contributed by atoms with E-state index in [4.69, 9.17) is 10.2 Å². The van der Waals surface area contributed by atoms with Crippen LogP contribution in [0, 0.1) is 11.8 Å². The van der Waals surface area contributed by atoms with Crippen molar-refractivity contribution in [3.63, 3.8) is 0 Å². The van der Waals surface area contributed by atoms with Gasteiger partial charge in [-0.15, -0.1) is 0 Å². The Hall–Kier alpha value is -3.97. The highest BCUT2D eigenvalue weighted by atomic mass is 16.4. The molecule has 0 fully saturated rings. The summed E-state index contributed by atoms with van der Waals surface area (Å²) in [4.78, 5) is 45.5. The number of carbonyl (C=O) groups excluding carboxylic acids is 3. The summed E-state index contributed by atoms with van der Waals surface area (Å²) < 4.78 is 6.20. The van der Waals surface area contributed by atoms with Gasteiger partial charge in [-0.25, -0.2) is 0 Å². The lowest BCUT2D eigenvalue weighted by molar-refractivity contribution is -0.148. The second-order valence-corrected chi connectivity index (χ2v) is 12.3. The Bertz CT molecular complexity index is 1590. The topological polar surface area (TPSA) is 181 Å². The number of aliphatic hydroxyl groups is 3. The number of allylic oxidation sites excluding steroid dienone is 1. The van der Waals surface area contributed by atoms with Crippen molar-refractivity contribution in [3.8, 4) is 17.1 Å². The Morgan fingerprint density at radius 3 is 2.36 bits per heavy atom. The predicted octanol–water partition coefficient (Wildman–Crippen LogP) is 1.76. The molecule has 12 heteroatoms. The fourth-order valence-electron chi connectivity index (χ4n) is 6.93. The number of hydrogen-bond acceptors (Lipinski definition) is 11. The summed E-state index contributed by atoms with van der Waals surface area (Å²) >= 11 is 0. The molecule has 0 aliphatic heterocycles. The molecule has 4 atom stereocenters. The van der Waals surface area contributed by atoms with Gasteiger partial charge in [-0.05, 0) is 83.3 Å². The molecule has 5 rings (SSSR count). The molecule has 3 aliphatic carbocycles. The number of amides is 1. The van der Waals surface area contributed by atoms with E-state index in [9.17, 15) is 34.8 Å². The van der Waals surface area contributed by atoms with Crippen LogP contribution >= 0.6 is 0 Å². The van der Waals surface area contributed by atoms with Crippen molar-refractivity contribution < 1.29 is 39.2 Å². The molecule has 2 aromatic rings. The fraction of sp³-hybridized carbons (Fsp3) is 0.469. The fourth-order valence-corrected chi connectivity index (χ4v) is 6.93. The number of nitrogens with two attached hydrogens (primary N) is 1. The molecule has 1 aromatic heterocycles. The van der Waals surface area contributed by atoms with E-state index in [1.54, 1.807) is 20.2 Å². The summed E-state index contributed by atoms with van der Waals surface area (Å²) in [6, 6.07) is 5.69. The van der Waals surface area contributed by atoms with E-state index in [1.165, 1.54) is 11.0 Å². The largest absolute Gasteiger partial charge is 0.510 e. The van der Waals surface area contributed by atoms with Crippen molar-refractivity contribution in [2.24, 2.45) is 17.6 Å². The first-order chi connectivity index (χ1) is 20.7. The lowest BCUT2D eigenvalue weighted by Crippen LogP contribution is -2.63. The van der Waals surface area contributed by atoms with Crippen LogP contribution in [0.2, 0.25) is 0 Å². The number of phenolic OH excluding ortho intramolecular Hbond substituents is 1. The summed E-state index contributed by atoms with van der Waals surface area (Å²) in [6.45, 7) is 5.39. The number of primary amides is 1. The first-order valence-corrected chi connectivity index (χ1v) is 14.7. The van der Waals surface area contributed by atoms with Gasteiger partial charge in [-0.3, -0.25) is 24.2 Å². The molecule has 0 radical (unpaired) electrons. The Morgan fingerprint density at radius 2 is 1.73 bits per heavy atom. The molecule has 0 spiro atoms. The van der Waals surface area contributed by atoms with Gasteiger partial charge in [0, 0.05) is 30.1 Å². The van der Waals surface area contributed by atoms with Crippen molar-refractivity contribution in [2.75, 3.05) is 47.8 Å². The summed E-state index contributed by atoms with van der Waals surface area (Å²) in [7, 11) is 7.26. The van der Waals surface area contributed by atoms with Gasteiger partial charge in [0.05, 0.1) is 18.2 Å². The monoisotopic (exact) mass is 608 g/mol. The zero-order chi connectivity index (χ0) is 32.2. The number of likely N-dealkylation sites (N-methyl/N-ethyl adjacent to an activating group) is 3. The molecule has 0 bridgehead atoms. The highest BCUT2D eigenvalue weighted by Gasteiger charge is 2.63. The van der Waals surface area contributed by atoms with Crippen LogP contribution in [0.4, 0.5) is 0 Å². The molecule has 1 aromatic carbocycles. The van der Waals surface area contributed by atoms with E-state index in [-0.39, 0.29) is 29.7 Å². The van der Waals surface area contributed by atoms with Crippen LogP contribution in [0.1, 0.15) is 35.0 Å². The second-order valence-electron chi connectivity index (χ2n) is 12.3. The highest BCUT2D eigenvalue weighted by molar-refractivity contribution is 6.24. The van der Waals surface area contributed by atoms with E-state index < -0.39 is 58.0 Å². The van der Waals surface area contributed by atoms with Crippen LogP contribution in [-0.4, -0.2) is 112 Å². The van der Waals surface area contributed by atoms with Crippen LogP contribution in [0.5, 0.6) is 5.75 Å². The van der Waals surface area contributed by atoms with Gasteiger partial charge in [0.2, 0.25) is 5.78 Å². The summed E-state index contributed by atoms with van der Waals surface area (Å²) in [5, 5.41) is 45.0. The summed E-state index contributed by atoms with van der Waals surface area (Å²) in [5.41, 5.74) is 2.75. The van der Waals surface area contributed by atoms with E-state index in [2.05, 4.69) is 23.8 Å². The molecule has 6 N–H and O–H groups in total. The molecule has 236 valence electrons. The number of phenols is 1. The number of Topliss-reactive ketones (excluding diaryl/α,β-unsaturated/α-hetero) is 2. The van der Waals surface area contributed by atoms with Crippen molar-refractivity contribution in [1.82, 2.24) is 14.7 Å². The number of benzene rings is 1. The third-order valence-electron chi connectivity index (χ3n) is 9.36. The minimum Gasteiger partial charge on any atom is -0.510 e. The SMILES string of the molecule is CCN(C)CCN(C)Cc1ccc(-c2ccc(O)c3c2C[C@H]2C[C@H]4[C@@H](N(C)C)C(O)=C(C(N)=O)C(=O)[C@@]4(O)C(O)=C2C3=O)o1. The van der Waals surface area contributed by atoms with Crippen molar-refractivity contribution in [1.29, 1.82) is 0 Å². The van der Waals surface area contributed by atoms with E-state index >= 15 is 0 Å². The lowest BCUT2D eigenvalue weighted by Gasteiger charge is -2.50. The van der Waals surface area contributed by atoms with Gasteiger partial charge >= 0.3 is 0 Å². The number of aromatic hydroxyl groups is 1. The smallest absolute Gasteiger partial charge is 0.255 e. The molecule has 1 amide bonds. The number of ketones is 2. The minimum absolute atomic E-state index is 0.0151. The molecule has 44 heavy (non-hydrogen) atoms. The van der Waals surface area contributed by atoms with Crippen molar-refractivity contribution in [2.45, 2.75) is 38.0 Å². The summed E-state index contributed by atoms with van der Waals surface area (Å²) in [6.07, 6.45) is 0.193. The number of fused-ring (bicyclic) bond motifs is 3. The molecular weight excluding hydrogens is 568 g/mol. The number of nitrogens with zero attached hydrogens (tertiary/aromatic N) is 3. The highest BCUT2D eigenvalue weighted by Crippen LogP contribution is 2.53. The molecule has 0 unspecified atom stereocenters. The standard InChI is InChI=1S/C32H40N4O8/c1-6-35(4)11-12-36(5)15-17-7-10-22(44-17)18-8-9-21(37)24-19(18)13-16-14-20-26(34(2)3)28(39)25(31(33)42)30(41)32(20,43)29(40)23(16)27(24)38/h7-10,16,20,26,37,39-40,43H,6,11-15H2,1-5H3,(H2,33,42)/t16-,20-,26+,32-/m0/s1. The molecular formula is C32H40N4O8. The van der Waals surface area contributed by atoms with Gasteiger partial charge in [-0.1, -0.05) is 6.92 Å². The van der Waals surface area contributed by atoms with Crippen molar-refractivity contribution in [3.05, 3.63) is 63.8 Å². The number of rotatable bonds is 9. The van der Waals surface area contributed by atoms with Crippen LogP contribution in [0.25, 0.3) is 11.3 Å². The first-order valence-electron chi connectivity index (χ1n) is 14.7. The number of furan rings is 1. The third-order valence-corrected chi connectivity index (χ3v) is 9.36. The van der Waals surface area contributed by atoms with Gasteiger partial charge in [0.15, 0.2) is 11.4 Å². The molecule has 0 saturated heterocycles. The number of carbonyl (C=O) groups is 3. The van der Waals surface area contributed by atoms with Crippen molar-refractivity contribution >= 4 is 17.5 Å². The van der Waals surface area contributed by atoms with E-state index in [1.807, 2.05) is 19.2 Å². The van der Waals surface area contributed by atoms with Gasteiger partial charge < -0.3 is 35.5 Å². The van der Waals surface area contributed by atoms with Gasteiger partial charge in [-0.2, -0.15) is 0 Å². The van der Waals surface area contributed by atoms with Crippen LogP contribution in [0.15, 0.2) is 51.3 Å².